The third kappa shape index (κ3) is 1.30. The van der Waals surface area contributed by atoms with E-state index in [2.05, 4.69) is 18.2 Å². The van der Waals surface area contributed by atoms with Crippen LogP contribution in [0.25, 0.3) is 0 Å². The van der Waals surface area contributed by atoms with E-state index < -0.39 is 10.8 Å². The lowest BCUT2D eigenvalue weighted by Gasteiger charge is -2.21. The average Bonchev–Trinajstić information content (AvgIpc) is 3.24. The predicted molar refractivity (Wildman–Crippen MR) is 80.3 cm³/mol. The quantitative estimate of drug-likeness (QED) is 0.594. The summed E-state index contributed by atoms with van der Waals surface area (Å²) >= 11 is 0. The van der Waals surface area contributed by atoms with Crippen molar-refractivity contribution in [3.63, 3.8) is 0 Å². The Morgan fingerprint density at radius 2 is 1.65 bits per heavy atom. The normalized spacial score (nSPS) is 37.5. The lowest BCUT2D eigenvalue weighted by Crippen LogP contribution is -2.12. The Kier molecular flexibility index (Phi) is 2.15. The maximum Gasteiger partial charge on any atom is 0.0811 e. The molecule has 1 nitrogen and oxygen atoms in total. The van der Waals surface area contributed by atoms with E-state index >= 15 is 0 Å². The molecule has 1 aromatic carbocycles. The molecule has 0 N–H and O–H groups in total. The fourth-order valence-electron chi connectivity index (χ4n) is 4.66. The number of allylic oxidation sites excluding steroid dienone is 6. The van der Waals surface area contributed by atoms with Gasteiger partial charge in [-0.3, -0.25) is 0 Å². The Morgan fingerprint density at radius 1 is 0.900 bits per heavy atom. The van der Waals surface area contributed by atoms with Gasteiger partial charge in [-0.25, -0.2) is 4.21 Å². The monoisotopic (exact) mass is 280 g/mol. The molecule has 0 aliphatic heterocycles. The van der Waals surface area contributed by atoms with E-state index in [0.717, 1.165) is 4.90 Å². The van der Waals surface area contributed by atoms with Crippen molar-refractivity contribution in [3.05, 3.63) is 64.6 Å². The van der Waals surface area contributed by atoms with Gasteiger partial charge in [0.05, 0.1) is 10.8 Å². The van der Waals surface area contributed by atoms with Gasteiger partial charge >= 0.3 is 0 Å². The van der Waals surface area contributed by atoms with Crippen LogP contribution in [0.1, 0.15) is 12.8 Å². The molecule has 0 unspecified atom stereocenters. The molecule has 4 aliphatic carbocycles. The molecule has 0 radical (unpaired) electrons. The van der Waals surface area contributed by atoms with Crippen LogP contribution in [-0.2, 0) is 10.8 Å². The van der Waals surface area contributed by atoms with Crippen LogP contribution in [0.4, 0.5) is 0 Å². The maximum absolute atomic E-state index is 12.8. The molecule has 0 fully saturated rings. The fourth-order valence-corrected chi connectivity index (χ4v) is 6.10. The summed E-state index contributed by atoms with van der Waals surface area (Å²) in [7, 11) is -0.967. The lowest BCUT2D eigenvalue weighted by atomic mass is 9.89. The second kappa shape index (κ2) is 3.82. The van der Waals surface area contributed by atoms with E-state index in [1.54, 1.807) is 11.1 Å². The molecule has 1 aromatic rings. The van der Waals surface area contributed by atoms with Gasteiger partial charge in [-0.15, -0.1) is 0 Å². The second-order valence-corrected chi connectivity index (χ2v) is 7.77. The number of rotatable bonds is 2. The average molecular weight is 280 g/mol. The van der Waals surface area contributed by atoms with Crippen LogP contribution in [0.15, 0.2) is 69.5 Å². The predicted octanol–water partition coefficient (Wildman–Crippen LogP) is 3.83. The van der Waals surface area contributed by atoms with Gasteiger partial charge in [-0.05, 0) is 36.8 Å². The minimum absolute atomic E-state index is 0.469. The van der Waals surface area contributed by atoms with E-state index in [0.29, 0.717) is 23.7 Å². The van der Waals surface area contributed by atoms with Crippen molar-refractivity contribution in [2.75, 3.05) is 0 Å². The zero-order chi connectivity index (χ0) is 13.3. The van der Waals surface area contributed by atoms with Crippen molar-refractivity contribution >= 4 is 10.8 Å². The van der Waals surface area contributed by atoms with E-state index in [1.165, 1.54) is 17.7 Å². The summed E-state index contributed by atoms with van der Waals surface area (Å²) in [6.07, 6.45) is 9.57. The SMILES string of the molecule is O=[S@@](C1=C[C@H]2C[C@@H]1C1=C2[C@H]2C=C[C@H]1C2)c1ccccc1. The van der Waals surface area contributed by atoms with E-state index in [-0.39, 0.29) is 0 Å². The summed E-state index contributed by atoms with van der Waals surface area (Å²) in [6.45, 7) is 0. The first-order valence-corrected chi connectivity index (χ1v) is 8.58. The molecular formula is C18H16OS. The van der Waals surface area contributed by atoms with Crippen molar-refractivity contribution in [1.29, 1.82) is 0 Å². The van der Waals surface area contributed by atoms with Gasteiger partial charge in [-0.2, -0.15) is 0 Å². The Balaban J connectivity index is 1.52. The molecule has 5 atom stereocenters. The number of hydrogen-bond donors (Lipinski definition) is 0. The standard InChI is InChI=1S/C18H16OS/c19-20(14-4-2-1-3-5-14)16-10-13-9-15(16)18-12-7-6-11(8-12)17(13)18/h1-7,10-13,15H,8-9H2/t11-,12-,13+,15-,20+/m0/s1. The van der Waals surface area contributed by atoms with Crippen molar-refractivity contribution in [2.24, 2.45) is 23.7 Å². The summed E-state index contributed by atoms with van der Waals surface area (Å²) in [5.41, 5.74) is 3.33. The van der Waals surface area contributed by atoms with E-state index in [9.17, 15) is 4.21 Å². The molecule has 100 valence electrons. The van der Waals surface area contributed by atoms with Crippen LogP contribution in [0.3, 0.4) is 0 Å². The van der Waals surface area contributed by atoms with E-state index in [1.807, 2.05) is 30.3 Å². The molecule has 4 aliphatic rings. The number of hydrogen-bond acceptors (Lipinski definition) is 1. The second-order valence-electron chi connectivity index (χ2n) is 6.29. The smallest absolute Gasteiger partial charge is 0.0811 e. The Labute approximate surface area is 121 Å². The molecular weight excluding hydrogens is 264 g/mol. The van der Waals surface area contributed by atoms with Gasteiger partial charge < -0.3 is 0 Å². The summed E-state index contributed by atoms with van der Waals surface area (Å²) in [4.78, 5) is 2.13. The highest BCUT2D eigenvalue weighted by Gasteiger charge is 2.51. The molecule has 4 bridgehead atoms. The third-order valence-corrected chi connectivity index (χ3v) is 6.91. The molecule has 0 spiro atoms. The molecule has 0 saturated heterocycles. The van der Waals surface area contributed by atoms with Gasteiger partial charge in [0.2, 0.25) is 0 Å². The first-order valence-electron chi connectivity index (χ1n) is 7.43. The lowest BCUT2D eigenvalue weighted by molar-refractivity contribution is 0.571. The van der Waals surface area contributed by atoms with Crippen LogP contribution in [0, 0.1) is 23.7 Å². The third-order valence-electron chi connectivity index (χ3n) is 5.36. The summed E-state index contributed by atoms with van der Waals surface area (Å²) in [5.74, 6) is 2.41. The van der Waals surface area contributed by atoms with Crippen LogP contribution in [-0.4, -0.2) is 4.21 Å². The molecule has 5 rings (SSSR count). The Bertz CT molecular complexity index is 710. The van der Waals surface area contributed by atoms with E-state index in [4.69, 9.17) is 0 Å². The maximum atomic E-state index is 12.8. The molecule has 20 heavy (non-hydrogen) atoms. The Hall–Kier alpha value is -1.41. The van der Waals surface area contributed by atoms with Crippen LogP contribution >= 0.6 is 0 Å². The van der Waals surface area contributed by atoms with Gasteiger partial charge in [0.25, 0.3) is 0 Å². The van der Waals surface area contributed by atoms with Gasteiger partial charge in [-0.1, -0.05) is 47.6 Å². The fraction of sp³-hybridized carbons (Fsp3) is 0.333. The van der Waals surface area contributed by atoms with Crippen LogP contribution < -0.4 is 0 Å². The zero-order valence-electron chi connectivity index (χ0n) is 11.2. The van der Waals surface area contributed by atoms with Crippen molar-refractivity contribution in [1.82, 2.24) is 0 Å². The minimum Gasteiger partial charge on any atom is -0.249 e. The highest BCUT2D eigenvalue weighted by atomic mass is 32.2. The summed E-state index contributed by atoms with van der Waals surface area (Å²) in [6, 6.07) is 9.91. The van der Waals surface area contributed by atoms with Crippen molar-refractivity contribution in [3.8, 4) is 0 Å². The van der Waals surface area contributed by atoms with Crippen molar-refractivity contribution < 1.29 is 4.21 Å². The number of benzene rings is 1. The van der Waals surface area contributed by atoms with Gasteiger partial charge in [0, 0.05) is 21.6 Å². The largest absolute Gasteiger partial charge is 0.249 e. The summed E-state index contributed by atoms with van der Waals surface area (Å²) in [5, 5.41) is 0. The summed E-state index contributed by atoms with van der Waals surface area (Å²) < 4.78 is 12.8. The number of fused-ring (bicyclic) bond motifs is 8. The molecule has 2 heteroatoms. The highest BCUT2D eigenvalue weighted by Crippen LogP contribution is 2.61. The Morgan fingerprint density at radius 3 is 2.45 bits per heavy atom. The molecule has 0 aromatic heterocycles. The van der Waals surface area contributed by atoms with Crippen LogP contribution in [0.5, 0.6) is 0 Å². The topological polar surface area (TPSA) is 17.1 Å². The first kappa shape index (κ1) is 11.3. The molecule has 0 saturated carbocycles. The van der Waals surface area contributed by atoms with Gasteiger partial charge in [0.1, 0.15) is 0 Å². The van der Waals surface area contributed by atoms with Crippen molar-refractivity contribution in [2.45, 2.75) is 17.7 Å². The molecule has 0 amide bonds. The van der Waals surface area contributed by atoms with Gasteiger partial charge in [0.15, 0.2) is 0 Å². The first-order chi connectivity index (χ1) is 9.83. The molecule has 0 heterocycles. The highest BCUT2D eigenvalue weighted by molar-refractivity contribution is 7.89. The minimum atomic E-state index is -0.967. The van der Waals surface area contributed by atoms with Crippen LogP contribution in [0.2, 0.25) is 0 Å². The zero-order valence-corrected chi connectivity index (χ0v) is 12.0.